The van der Waals surface area contributed by atoms with Gasteiger partial charge in [-0.3, -0.25) is 0 Å². The molecule has 0 aliphatic carbocycles. The van der Waals surface area contributed by atoms with E-state index in [-0.39, 0.29) is 0 Å². The number of rotatable bonds is 8. The van der Waals surface area contributed by atoms with E-state index in [0.29, 0.717) is 18.4 Å². The van der Waals surface area contributed by atoms with E-state index in [1.54, 1.807) is 0 Å². The van der Waals surface area contributed by atoms with E-state index in [0.717, 1.165) is 24.6 Å². The van der Waals surface area contributed by atoms with Gasteiger partial charge in [-0.2, -0.15) is 0 Å². The lowest BCUT2D eigenvalue weighted by molar-refractivity contribution is 0.100. The van der Waals surface area contributed by atoms with Crippen molar-refractivity contribution in [2.45, 2.75) is 19.9 Å². The van der Waals surface area contributed by atoms with Gasteiger partial charge in [0.1, 0.15) is 11.6 Å². The first kappa shape index (κ1) is 12.4. The monoisotopic (exact) mass is 231 g/mol. The number of nitrogens with zero attached hydrogens (tertiary/aromatic N) is 2. The van der Waals surface area contributed by atoms with E-state index in [9.17, 15) is 0 Å². The highest BCUT2D eigenvalue weighted by Crippen LogP contribution is 2.17. The molecule has 6 heteroatoms. The topological polar surface area (TPSA) is 56.3 Å². The minimum Gasteiger partial charge on any atom is -0.466 e. The van der Waals surface area contributed by atoms with Crippen LogP contribution in [0.2, 0.25) is 0 Å². The van der Waals surface area contributed by atoms with Gasteiger partial charge in [-0.05, 0) is 13.5 Å². The van der Waals surface area contributed by atoms with Crippen LogP contribution in [0.25, 0.3) is 0 Å². The number of ether oxygens (including phenoxy) is 2. The van der Waals surface area contributed by atoms with Gasteiger partial charge in [0.25, 0.3) is 5.19 Å². The highest BCUT2D eigenvalue weighted by Gasteiger charge is 2.03. The zero-order chi connectivity index (χ0) is 10.9. The molecule has 1 N–H and O–H groups in total. The van der Waals surface area contributed by atoms with Crippen molar-refractivity contribution in [2.75, 3.05) is 26.9 Å². The second-order valence-electron chi connectivity index (χ2n) is 2.95. The van der Waals surface area contributed by atoms with Crippen LogP contribution in [0.1, 0.15) is 18.4 Å². The normalized spacial score (nSPS) is 10.5. The molecular formula is C9H17N3O2S. The molecule has 0 aromatic carbocycles. The van der Waals surface area contributed by atoms with Gasteiger partial charge in [-0.1, -0.05) is 18.3 Å². The fourth-order valence-electron chi connectivity index (χ4n) is 0.953. The van der Waals surface area contributed by atoms with Crippen LogP contribution in [-0.4, -0.2) is 37.1 Å². The molecule has 0 atom stereocenters. The second kappa shape index (κ2) is 7.56. The van der Waals surface area contributed by atoms with Gasteiger partial charge in [0, 0.05) is 13.2 Å². The van der Waals surface area contributed by atoms with Crippen molar-refractivity contribution in [3.8, 4) is 5.19 Å². The lowest BCUT2D eigenvalue weighted by Crippen LogP contribution is -2.06. The lowest BCUT2D eigenvalue weighted by Gasteiger charge is -2.01. The predicted octanol–water partition coefficient (Wildman–Crippen LogP) is 1.06. The Hall–Kier alpha value is -0.720. The third-order valence-electron chi connectivity index (χ3n) is 1.58. The van der Waals surface area contributed by atoms with Crippen molar-refractivity contribution >= 4 is 11.3 Å². The maximum atomic E-state index is 5.37. The van der Waals surface area contributed by atoms with Crippen molar-refractivity contribution < 1.29 is 9.47 Å². The maximum Gasteiger partial charge on any atom is 0.294 e. The fourth-order valence-corrected chi connectivity index (χ4v) is 1.68. The molecule has 86 valence electrons. The van der Waals surface area contributed by atoms with Crippen LogP contribution in [0.5, 0.6) is 5.19 Å². The fraction of sp³-hybridized carbons (Fsp3) is 0.778. The number of hydrogen-bond donors (Lipinski definition) is 1. The summed E-state index contributed by atoms with van der Waals surface area (Å²) in [5, 5.41) is 12.4. The standard InChI is InChI=1S/C9H17N3O2S/c1-3-4-13-5-6-14-9-12-11-8(15-9)7-10-2/h10H,3-7H2,1-2H3. The van der Waals surface area contributed by atoms with Crippen LogP contribution < -0.4 is 10.1 Å². The van der Waals surface area contributed by atoms with E-state index in [1.165, 1.54) is 11.3 Å². The molecular weight excluding hydrogens is 214 g/mol. The average Bonchev–Trinajstić information content (AvgIpc) is 2.66. The molecule has 0 amide bonds. The van der Waals surface area contributed by atoms with Gasteiger partial charge in [0.15, 0.2) is 0 Å². The molecule has 1 aromatic heterocycles. The van der Waals surface area contributed by atoms with Crippen LogP contribution in [0.4, 0.5) is 0 Å². The van der Waals surface area contributed by atoms with Crippen molar-refractivity contribution in [1.29, 1.82) is 0 Å². The maximum absolute atomic E-state index is 5.37. The van der Waals surface area contributed by atoms with E-state index < -0.39 is 0 Å². The largest absolute Gasteiger partial charge is 0.466 e. The first-order valence-corrected chi connectivity index (χ1v) is 5.86. The summed E-state index contributed by atoms with van der Waals surface area (Å²) < 4.78 is 10.6. The Labute approximate surface area is 93.8 Å². The van der Waals surface area contributed by atoms with Gasteiger partial charge in [0.05, 0.1) is 6.61 Å². The van der Waals surface area contributed by atoms with Crippen LogP contribution in [0, 0.1) is 0 Å². The molecule has 0 bridgehead atoms. The summed E-state index contributed by atoms with van der Waals surface area (Å²) in [6.45, 7) is 4.73. The van der Waals surface area contributed by atoms with Crippen molar-refractivity contribution in [3.63, 3.8) is 0 Å². The molecule has 0 saturated carbocycles. The minimum atomic E-state index is 0.536. The van der Waals surface area contributed by atoms with Crippen LogP contribution in [0.3, 0.4) is 0 Å². The Morgan fingerprint density at radius 2 is 2.13 bits per heavy atom. The molecule has 0 aliphatic rings. The summed E-state index contributed by atoms with van der Waals surface area (Å²) in [6, 6.07) is 0. The molecule has 0 spiro atoms. The summed E-state index contributed by atoms with van der Waals surface area (Å²) in [5.74, 6) is 0. The summed E-state index contributed by atoms with van der Waals surface area (Å²) in [4.78, 5) is 0. The smallest absolute Gasteiger partial charge is 0.294 e. The highest BCUT2D eigenvalue weighted by molar-refractivity contribution is 7.13. The quantitative estimate of drug-likeness (QED) is 0.678. The number of hydrogen-bond acceptors (Lipinski definition) is 6. The summed E-state index contributed by atoms with van der Waals surface area (Å²) >= 11 is 1.46. The van der Waals surface area contributed by atoms with Crippen LogP contribution >= 0.6 is 11.3 Å². The molecule has 0 saturated heterocycles. The molecule has 0 fully saturated rings. The van der Waals surface area contributed by atoms with Crippen LogP contribution in [-0.2, 0) is 11.3 Å². The van der Waals surface area contributed by atoms with Crippen molar-refractivity contribution in [1.82, 2.24) is 15.5 Å². The van der Waals surface area contributed by atoms with E-state index in [4.69, 9.17) is 9.47 Å². The molecule has 0 radical (unpaired) electrons. The lowest BCUT2D eigenvalue weighted by atomic mass is 10.5. The highest BCUT2D eigenvalue weighted by atomic mass is 32.1. The average molecular weight is 231 g/mol. The molecule has 15 heavy (non-hydrogen) atoms. The molecule has 0 unspecified atom stereocenters. The Balaban J connectivity index is 2.14. The minimum absolute atomic E-state index is 0.536. The van der Waals surface area contributed by atoms with Gasteiger partial charge in [-0.15, -0.1) is 10.2 Å². The van der Waals surface area contributed by atoms with Gasteiger partial charge >= 0.3 is 0 Å². The third-order valence-corrected chi connectivity index (χ3v) is 2.41. The van der Waals surface area contributed by atoms with Crippen LogP contribution in [0.15, 0.2) is 0 Å². The van der Waals surface area contributed by atoms with Crippen molar-refractivity contribution in [3.05, 3.63) is 5.01 Å². The summed E-state index contributed by atoms with van der Waals surface area (Å²) in [6.07, 6.45) is 1.03. The molecule has 1 aromatic rings. The Bertz CT molecular complexity index is 268. The Morgan fingerprint density at radius 3 is 2.87 bits per heavy atom. The number of nitrogens with one attached hydrogen (secondary N) is 1. The molecule has 5 nitrogen and oxygen atoms in total. The SMILES string of the molecule is CCCOCCOc1nnc(CNC)s1. The Morgan fingerprint density at radius 1 is 1.27 bits per heavy atom. The summed E-state index contributed by atoms with van der Waals surface area (Å²) in [5.41, 5.74) is 0. The van der Waals surface area contributed by atoms with E-state index in [1.807, 2.05) is 7.05 Å². The molecule has 1 heterocycles. The predicted molar refractivity (Wildman–Crippen MR) is 59.3 cm³/mol. The number of aromatic nitrogens is 2. The zero-order valence-corrected chi connectivity index (χ0v) is 9.97. The second-order valence-corrected chi connectivity index (χ2v) is 3.98. The van der Waals surface area contributed by atoms with Gasteiger partial charge in [-0.25, -0.2) is 0 Å². The van der Waals surface area contributed by atoms with Gasteiger partial charge in [0.2, 0.25) is 0 Å². The molecule has 1 rings (SSSR count). The van der Waals surface area contributed by atoms with Crippen molar-refractivity contribution in [2.24, 2.45) is 0 Å². The zero-order valence-electron chi connectivity index (χ0n) is 9.15. The first-order valence-electron chi connectivity index (χ1n) is 5.04. The van der Waals surface area contributed by atoms with E-state index in [2.05, 4.69) is 22.4 Å². The summed E-state index contributed by atoms with van der Waals surface area (Å²) in [7, 11) is 1.88. The molecule has 0 aliphatic heterocycles. The Kier molecular flexibility index (Phi) is 6.22. The third kappa shape index (κ3) is 5.06. The first-order chi connectivity index (χ1) is 7.36. The van der Waals surface area contributed by atoms with E-state index >= 15 is 0 Å². The van der Waals surface area contributed by atoms with Gasteiger partial charge < -0.3 is 14.8 Å².